The first-order valence-corrected chi connectivity index (χ1v) is 9.57. The number of H-pyrrole nitrogens is 1. The van der Waals surface area contributed by atoms with Crippen molar-refractivity contribution in [3.05, 3.63) is 76.7 Å². The van der Waals surface area contributed by atoms with E-state index in [0.717, 1.165) is 24.3 Å². The lowest BCUT2D eigenvalue weighted by Gasteiger charge is -2.09. The summed E-state index contributed by atoms with van der Waals surface area (Å²) in [5, 5.41) is 23.6. The molecule has 1 aromatic heterocycles. The SMILES string of the molecule is CN(O)C(=O)c1ccc(Cc2nc(NC(=O)Nc3ccc(C(F)(F)F)cc3)c(C(=O)O)[nH]2)cc1. The second kappa shape index (κ2) is 9.62. The Morgan fingerprint density at radius 2 is 1.65 bits per heavy atom. The lowest BCUT2D eigenvalue weighted by atomic mass is 10.1. The molecule has 0 bridgehead atoms. The molecule has 3 amide bonds. The number of hydroxylamine groups is 2. The van der Waals surface area contributed by atoms with Gasteiger partial charge >= 0.3 is 18.2 Å². The van der Waals surface area contributed by atoms with Crippen LogP contribution < -0.4 is 10.6 Å². The first-order valence-electron chi connectivity index (χ1n) is 9.57. The molecule has 0 aliphatic rings. The Morgan fingerprint density at radius 3 is 2.18 bits per heavy atom. The number of hydrogen-bond donors (Lipinski definition) is 5. The highest BCUT2D eigenvalue weighted by Gasteiger charge is 2.30. The monoisotopic (exact) mass is 477 g/mol. The van der Waals surface area contributed by atoms with Crippen LogP contribution in [0.1, 0.15) is 37.8 Å². The van der Waals surface area contributed by atoms with Crippen LogP contribution in [0.3, 0.4) is 0 Å². The van der Waals surface area contributed by atoms with E-state index >= 15 is 0 Å². The molecule has 0 aliphatic heterocycles. The molecule has 0 radical (unpaired) electrons. The van der Waals surface area contributed by atoms with E-state index in [9.17, 15) is 37.9 Å². The van der Waals surface area contributed by atoms with Crippen LogP contribution in [-0.4, -0.2) is 50.3 Å². The van der Waals surface area contributed by atoms with Crippen molar-refractivity contribution in [2.75, 3.05) is 17.7 Å². The first kappa shape index (κ1) is 24.3. The number of aromatic carboxylic acids is 1. The summed E-state index contributed by atoms with van der Waals surface area (Å²) in [6.07, 6.45) is -4.39. The number of carboxylic acids is 1. The molecular formula is C21H18F3N5O5. The van der Waals surface area contributed by atoms with Crippen molar-refractivity contribution in [1.29, 1.82) is 0 Å². The number of benzene rings is 2. The van der Waals surface area contributed by atoms with Crippen LogP contribution >= 0.6 is 0 Å². The average Bonchev–Trinajstić information content (AvgIpc) is 3.15. The zero-order valence-corrected chi connectivity index (χ0v) is 17.5. The average molecular weight is 477 g/mol. The van der Waals surface area contributed by atoms with E-state index in [4.69, 9.17) is 0 Å². The number of alkyl halides is 3. The molecule has 2 aromatic carbocycles. The molecule has 0 spiro atoms. The molecule has 0 fully saturated rings. The highest BCUT2D eigenvalue weighted by molar-refractivity contribution is 6.03. The van der Waals surface area contributed by atoms with Crippen molar-refractivity contribution in [2.24, 2.45) is 0 Å². The van der Waals surface area contributed by atoms with Crippen LogP contribution in [0, 0.1) is 0 Å². The van der Waals surface area contributed by atoms with E-state index in [1.165, 1.54) is 19.2 Å². The van der Waals surface area contributed by atoms with Gasteiger partial charge in [-0.3, -0.25) is 15.3 Å². The minimum atomic E-state index is -4.52. The van der Waals surface area contributed by atoms with Crippen LogP contribution in [0.5, 0.6) is 0 Å². The molecule has 0 atom stereocenters. The van der Waals surface area contributed by atoms with Gasteiger partial charge in [-0.25, -0.2) is 19.6 Å². The topological polar surface area (TPSA) is 148 Å². The number of carbonyl (C=O) groups is 3. The van der Waals surface area contributed by atoms with E-state index in [1.54, 1.807) is 12.1 Å². The lowest BCUT2D eigenvalue weighted by molar-refractivity contribution is -0.137. The maximum Gasteiger partial charge on any atom is 0.416 e. The summed E-state index contributed by atoms with van der Waals surface area (Å²) in [6.45, 7) is 0. The molecule has 5 N–H and O–H groups in total. The number of carbonyl (C=O) groups excluding carboxylic acids is 2. The van der Waals surface area contributed by atoms with Gasteiger partial charge in [-0.15, -0.1) is 0 Å². The number of carboxylic acid groups (broad SMARTS) is 1. The van der Waals surface area contributed by atoms with Crippen molar-refractivity contribution in [1.82, 2.24) is 15.0 Å². The van der Waals surface area contributed by atoms with Crippen LogP contribution in [0.2, 0.25) is 0 Å². The standard InChI is InChI=1S/C21H18F3N5O5/c1-29(34)18(30)12-4-2-11(3-5-12)10-15-26-16(19(31)32)17(27-15)28-20(33)25-14-8-6-13(7-9-14)21(22,23)24/h2-9,34H,10H2,1H3,(H,26,27)(H,31,32)(H2,25,28,33). The zero-order chi connectivity index (χ0) is 25.0. The van der Waals surface area contributed by atoms with E-state index in [-0.39, 0.29) is 29.3 Å². The number of halogens is 3. The van der Waals surface area contributed by atoms with Gasteiger partial charge in [0.2, 0.25) is 0 Å². The third-order valence-electron chi connectivity index (χ3n) is 4.54. The van der Waals surface area contributed by atoms with Crippen LogP contribution in [0.25, 0.3) is 0 Å². The van der Waals surface area contributed by atoms with E-state index in [0.29, 0.717) is 10.6 Å². The summed E-state index contributed by atoms with van der Waals surface area (Å²) in [4.78, 5) is 42.1. The quantitative estimate of drug-likeness (QED) is 0.269. The minimum Gasteiger partial charge on any atom is -0.476 e. The molecule has 10 nitrogen and oxygen atoms in total. The smallest absolute Gasteiger partial charge is 0.416 e. The minimum absolute atomic E-state index is 0.0568. The molecule has 0 aliphatic carbocycles. The lowest BCUT2D eigenvalue weighted by Crippen LogP contribution is -2.22. The molecule has 178 valence electrons. The number of anilines is 2. The van der Waals surface area contributed by atoms with Crippen molar-refractivity contribution >= 4 is 29.4 Å². The van der Waals surface area contributed by atoms with Crippen LogP contribution in [0.4, 0.5) is 29.5 Å². The Morgan fingerprint density at radius 1 is 1.03 bits per heavy atom. The Bertz CT molecular complexity index is 1210. The number of nitrogens with zero attached hydrogens (tertiary/aromatic N) is 2. The normalized spacial score (nSPS) is 11.1. The molecule has 3 rings (SSSR count). The highest BCUT2D eigenvalue weighted by Crippen LogP contribution is 2.29. The fourth-order valence-electron chi connectivity index (χ4n) is 2.91. The number of imidazole rings is 1. The number of nitrogens with one attached hydrogen (secondary N) is 3. The maximum absolute atomic E-state index is 12.6. The van der Waals surface area contributed by atoms with Crippen molar-refractivity contribution in [3.8, 4) is 0 Å². The first-order chi connectivity index (χ1) is 15.9. The Kier molecular flexibility index (Phi) is 6.86. The number of urea groups is 1. The van der Waals surface area contributed by atoms with Gasteiger partial charge in [0.05, 0.1) is 5.56 Å². The van der Waals surface area contributed by atoms with Gasteiger partial charge in [-0.2, -0.15) is 13.2 Å². The zero-order valence-electron chi connectivity index (χ0n) is 17.5. The molecule has 3 aromatic rings. The van der Waals surface area contributed by atoms with Crippen LogP contribution in [0.15, 0.2) is 48.5 Å². The maximum atomic E-state index is 12.6. The molecule has 0 saturated heterocycles. The van der Waals surface area contributed by atoms with E-state index in [2.05, 4.69) is 20.6 Å². The Balaban J connectivity index is 1.70. The van der Waals surface area contributed by atoms with Gasteiger partial charge in [0.25, 0.3) is 5.91 Å². The molecular weight excluding hydrogens is 459 g/mol. The third-order valence-corrected chi connectivity index (χ3v) is 4.54. The predicted octanol–water partition coefficient (Wildman–Crippen LogP) is 3.82. The number of aromatic nitrogens is 2. The Hall–Kier alpha value is -4.39. The summed E-state index contributed by atoms with van der Waals surface area (Å²) in [5.74, 6) is -2.10. The van der Waals surface area contributed by atoms with E-state index in [1.807, 2.05) is 0 Å². The van der Waals surface area contributed by atoms with Gasteiger partial charge in [-0.1, -0.05) is 12.1 Å². The number of rotatable bonds is 6. The summed E-state index contributed by atoms with van der Waals surface area (Å²) in [5.41, 5.74) is -0.331. The fraction of sp³-hybridized carbons (Fsp3) is 0.143. The third kappa shape index (κ3) is 5.89. The van der Waals surface area contributed by atoms with Crippen molar-refractivity contribution in [3.63, 3.8) is 0 Å². The second-order valence-electron chi connectivity index (χ2n) is 7.07. The Labute approximate surface area is 190 Å². The van der Waals surface area contributed by atoms with Gasteiger partial charge < -0.3 is 15.4 Å². The van der Waals surface area contributed by atoms with Crippen molar-refractivity contribution in [2.45, 2.75) is 12.6 Å². The molecule has 0 unspecified atom stereocenters. The summed E-state index contributed by atoms with van der Waals surface area (Å²) < 4.78 is 37.9. The fourth-order valence-corrected chi connectivity index (χ4v) is 2.91. The van der Waals surface area contributed by atoms with E-state index < -0.39 is 35.3 Å². The van der Waals surface area contributed by atoms with Gasteiger partial charge in [0.15, 0.2) is 11.5 Å². The number of amides is 3. The van der Waals surface area contributed by atoms with Crippen LogP contribution in [-0.2, 0) is 12.6 Å². The summed E-state index contributed by atoms with van der Waals surface area (Å²) in [6, 6.07) is 8.92. The largest absolute Gasteiger partial charge is 0.476 e. The predicted molar refractivity (Wildman–Crippen MR) is 113 cm³/mol. The molecule has 1 heterocycles. The molecule has 34 heavy (non-hydrogen) atoms. The second-order valence-corrected chi connectivity index (χ2v) is 7.07. The molecule has 13 heteroatoms. The van der Waals surface area contributed by atoms with Crippen molar-refractivity contribution < 1.29 is 37.9 Å². The summed E-state index contributed by atoms with van der Waals surface area (Å²) in [7, 11) is 1.19. The van der Waals surface area contributed by atoms with Gasteiger partial charge in [0.1, 0.15) is 5.82 Å². The van der Waals surface area contributed by atoms with Gasteiger partial charge in [-0.05, 0) is 42.0 Å². The number of hydrogen-bond acceptors (Lipinski definition) is 5. The highest BCUT2D eigenvalue weighted by atomic mass is 19.4. The molecule has 0 saturated carbocycles. The van der Waals surface area contributed by atoms with Gasteiger partial charge in [0, 0.05) is 24.7 Å². The summed E-state index contributed by atoms with van der Waals surface area (Å²) >= 11 is 0. The number of aromatic amines is 1.